The molecule has 0 bridgehead atoms. The van der Waals surface area contributed by atoms with E-state index in [2.05, 4.69) is 4.74 Å². The molecule has 2 aromatic carbocycles. The Morgan fingerprint density at radius 2 is 1.35 bits per heavy atom. The van der Waals surface area contributed by atoms with Crippen molar-refractivity contribution < 1.29 is 56.7 Å². The van der Waals surface area contributed by atoms with Crippen LogP contribution in [0.5, 0.6) is 23.0 Å². The molecule has 4 aromatic rings. The molecule has 1 saturated heterocycles. The van der Waals surface area contributed by atoms with Gasteiger partial charge in [0, 0.05) is 38.2 Å². The second-order valence-electron chi connectivity index (χ2n) is 10.3. The molecule has 4 atom stereocenters. The van der Waals surface area contributed by atoms with Gasteiger partial charge in [-0.15, -0.1) is 22.7 Å². The van der Waals surface area contributed by atoms with E-state index in [9.17, 15) is 28.0 Å². The number of ether oxygens (including phenoxy) is 5. The van der Waals surface area contributed by atoms with Crippen molar-refractivity contribution in [2.75, 3.05) is 28.4 Å². The molecule has 0 amide bonds. The first kappa shape index (κ1) is 37.9. The van der Waals surface area contributed by atoms with Crippen molar-refractivity contribution in [3.63, 3.8) is 0 Å². The predicted octanol–water partition coefficient (Wildman–Crippen LogP) is 7.41. The number of thiophene rings is 2. The summed E-state index contributed by atoms with van der Waals surface area (Å²) in [5.74, 6) is -3.18. The lowest BCUT2D eigenvalue weighted by Gasteiger charge is -2.08. The molecule has 7 rings (SSSR count). The van der Waals surface area contributed by atoms with Crippen molar-refractivity contribution >= 4 is 108 Å². The maximum atomic E-state index is 14.4. The summed E-state index contributed by atoms with van der Waals surface area (Å²) in [6.45, 7) is 0. The fourth-order valence-electron chi connectivity index (χ4n) is 4.84. The van der Waals surface area contributed by atoms with E-state index in [1.54, 1.807) is 18.2 Å². The number of carboxylic acids is 1. The third-order valence-corrected chi connectivity index (χ3v) is 9.39. The second-order valence-corrected chi connectivity index (χ2v) is 18.8. The highest BCUT2D eigenvalue weighted by molar-refractivity contribution is 7.54. The molecule has 10 nitrogen and oxygen atoms in total. The Morgan fingerprint density at radius 3 is 1.77 bits per heavy atom. The van der Waals surface area contributed by atoms with Gasteiger partial charge < -0.3 is 28.8 Å². The van der Waals surface area contributed by atoms with Crippen molar-refractivity contribution in [1.29, 1.82) is 0 Å². The lowest BCUT2D eigenvalue weighted by molar-refractivity contribution is -0.155. The second kappa shape index (κ2) is 16.2. The Morgan fingerprint density at radius 1 is 0.833 bits per heavy atom. The van der Waals surface area contributed by atoms with Gasteiger partial charge in [-0.2, -0.15) is 0 Å². The van der Waals surface area contributed by atoms with Gasteiger partial charge in [0.25, 0.3) is 0 Å². The van der Waals surface area contributed by atoms with E-state index < -0.39 is 35.0 Å². The third-order valence-electron chi connectivity index (χ3n) is 7.43. The van der Waals surface area contributed by atoms with E-state index in [0.717, 1.165) is 22.5 Å². The number of cyclic esters (lactones) is 2. The Bertz CT molecular complexity index is 1850. The average Bonchev–Trinajstić information content (AvgIpc) is 3.90. The van der Waals surface area contributed by atoms with Gasteiger partial charge in [0.1, 0.15) is 0 Å². The molecule has 1 N–H and O–H groups in total. The highest BCUT2D eigenvalue weighted by Crippen LogP contribution is 2.46. The number of ketones is 1. The van der Waals surface area contributed by atoms with Crippen LogP contribution >= 0.6 is 52.8 Å². The molecule has 3 fully saturated rings. The molecular weight excluding hydrogens is 756 g/mol. The monoisotopic (exact) mass is 780 g/mol. The molecule has 2 aliphatic carbocycles. The number of halogens is 5. The van der Waals surface area contributed by atoms with Gasteiger partial charge in [0.2, 0.25) is 0 Å². The topological polar surface area (TPSA) is 135 Å². The summed E-state index contributed by atoms with van der Waals surface area (Å²) in [5, 5.41) is 11.6. The zero-order chi connectivity index (χ0) is 35.4. The summed E-state index contributed by atoms with van der Waals surface area (Å²) in [6.07, 6.45) is 1.08. The van der Waals surface area contributed by atoms with Gasteiger partial charge in [-0.1, -0.05) is 0 Å². The van der Waals surface area contributed by atoms with Crippen molar-refractivity contribution in [3.8, 4) is 23.0 Å². The number of methoxy groups -OCH3 is 4. The largest absolute Gasteiger partial charge is 0.643 e. The summed E-state index contributed by atoms with van der Waals surface area (Å²) in [7, 11) is 20.5. The first-order valence-electron chi connectivity index (χ1n) is 13.8. The minimum Gasteiger partial charge on any atom is -0.493 e. The zero-order valence-electron chi connectivity index (χ0n) is 25.5. The van der Waals surface area contributed by atoms with Crippen LogP contribution in [0.15, 0.2) is 29.6 Å². The van der Waals surface area contributed by atoms with Gasteiger partial charge in [-0.25, -0.2) is 38.9 Å². The van der Waals surface area contributed by atoms with Gasteiger partial charge in [-0.3, -0.25) is 19.2 Å². The Balaban J connectivity index is 0.000000169. The summed E-state index contributed by atoms with van der Waals surface area (Å²) < 4.78 is 53.9. The molecule has 0 spiro atoms. The summed E-state index contributed by atoms with van der Waals surface area (Å²) in [5.41, 5.74) is 0. The molecule has 3 heterocycles. The summed E-state index contributed by atoms with van der Waals surface area (Å²) in [4.78, 5) is 44.3. The highest BCUT2D eigenvalue weighted by Gasteiger charge is 2.57. The minimum absolute atomic E-state index is 0.0124. The summed E-state index contributed by atoms with van der Waals surface area (Å²) in [6, 6.07) is 6.58. The standard InChI is InChI=1S/C15H13FO5S.C10H9FO2S.C5H4O3.Al.3ClH/c1-20-9-5-10-8(12(16)14(9)21-2)4-11(22-10)13(17)6-3-7(6)15(18)19;1-12-7-5-8-6(3-4-14-8)9(11)10(7)13-2;6-4-2-1-3(2)5(7)8-4;;;;/h4-7H,3H2,1-2H3,(H,18,19);3-5H,1-2H3;2-3H,1H2;;3*1H/q;;;+3;;;/p-3. The number of hydrogen-bond acceptors (Lipinski definition) is 11. The van der Waals surface area contributed by atoms with E-state index in [1.807, 2.05) is 5.38 Å². The van der Waals surface area contributed by atoms with Gasteiger partial charge in [0.15, 0.2) is 40.4 Å². The lowest BCUT2D eigenvalue weighted by Crippen LogP contribution is -2.06. The smallest absolute Gasteiger partial charge is 0.493 e. The molecule has 256 valence electrons. The number of carbonyl (C=O) groups is 4. The molecule has 4 unspecified atom stereocenters. The SMILES string of the molecule is COc1cc2sc(C(=O)C3CC3C(=O)O)cc2c(F)c1OC.COc1cc2sccc2c(F)c1OC.O=C1OC(=O)C2CC12.[Cl][Al]([Cl])[Cl]. The first-order valence-corrected chi connectivity index (χ1v) is 20.8. The number of fused-ring (bicyclic) bond motifs is 3. The molecule has 48 heavy (non-hydrogen) atoms. The molecule has 3 aliphatic rings. The van der Waals surface area contributed by atoms with Gasteiger partial charge in [-0.05, 0) is 30.4 Å². The van der Waals surface area contributed by atoms with Crippen molar-refractivity contribution in [3.05, 3.63) is 46.2 Å². The number of carbonyl (C=O) groups excluding carboxylic acids is 3. The van der Waals surface area contributed by atoms with Crippen LogP contribution in [0, 0.1) is 35.3 Å². The Labute approximate surface area is 297 Å². The Hall–Kier alpha value is -2.90. The van der Waals surface area contributed by atoms with Crippen molar-refractivity contribution in [2.45, 2.75) is 12.8 Å². The molecule has 2 saturated carbocycles. The normalized spacial score (nSPS) is 19.7. The number of Topliss-reactive ketones (excluding diaryl/α,β-unsaturated/α-hetero) is 1. The first-order chi connectivity index (χ1) is 22.8. The predicted molar refractivity (Wildman–Crippen MR) is 179 cm³/mol. The van der Waals surface area contributed by atoms with Crippen LogP contribution in [0.3, 0.4) is 0 Å². The number of aliphatic carboxylic acids is 1. The van der Waals surface area contributed by atoms with Gasteiger partial charge in [0.05, 0.1) is 51.1 Å². The average molecular weight is 782 g/mol. The number of carboxylic acid groups (broad SMARTS) is 1. The van der Waals surface area contributed by atoms with Crippen molar-refractivity contribution in [2.24, 2.45) is 23.7 Å². The Kier molecular flexibility index (Phi) is 12.8. The maximum absolute atomic E-state index is 14.4. The number of rotatable bonds is 7. The fraction of sp³-hybridized carbons (Fsp3) is 0.333. The van der Waals surface area contributed by atoms with E-state index in [1.165, 1.54) is 45.8 Å². The quantitative estimate of drug-likeness (QED) is 0.0875. The van der Waals surface area contributed by atoms with E-state index in [4.69, 9.17) is 54.2 Å². The van der Waals surface area contributed by atoms with E-state index in [0.29, 0.717) is 27.1 Å². The van der Waals surface area contributed by atoms with Crippen LogP contribution in [-0.4, -0.2) is 68.6 Å². The highest BCUT2D eigenvalue weighted by atomic mass is 35.8. The van der Waals surface area contributed by atoms with E-state index in [-0.39, 0.29) is 58.0 Å². The van der Waals surface area contributed by atoms with Crippen LogP contribution in [0.1, 0.15) is 22.5 Å². The van der Waals surface area contributed by atoms with Crippen LogP contribution in [0.2, 0.25) is 0 Å². The third kappa shape index (κ3) is 8.45. The zero-order valence-corrected chi connectivity index (χ0v) is 30.6. The fourth-order valence-corrected chi connectivity index (χ4v) is 6.74. The number of benzene rings is 2. The molecule has 2 aromatic heterocycles. The van der Waals surface area contributed by atoms with Crippen LogP contribution in [-0.2, 0) is 19.1 Å². The number of hydrogen-bond donors (Lipinski definition) is 1. The van der Waals surface area contributed by atoms with Crippen molar-refractivity contribution in [1.82, 2.24) is 0 Å². The van der Waals surface area contributed by atoms with Crippen LogP contribution in [0.4, 0.5) is 8.78 Å². The molecule has 1 aliphatic heterocycles. The minimum atomic E-state index is -1.72. The summed E-state index contributed by atoms with van der Waals surface area (Å²) >= 11 is 0.885. The maximum Gasteiger partial charge on any atom is 0.643 e. The lowest BCUT2D eigenvalue weighted by atomic mass is 10.1. The molecule has 18 heteroatoms. The van der Waals surface area contributed by atoms with Gasteiger partial charge >= 0.3 is 29.3 Å². The van der Waals surface area contributed by atoms with Crippen LogP contribution in [0.25, 0.3) is 20.2 Å². The number of esters is 2. The molecule has 0 radical (unpaired) electrons. The van der Waals surface area contributed by atoms with Crippen LogP contribution < -0.4 is 18.9 Å². The van der Waals surface area contributed by atoms with E-state index >= 15 is 0 Å². The molecular formula is C30H26AlCl3F2O10S2.